The summed E-state index contributed by atoms with van der Waals surface area (Å²) in [5.41, 5.74) is 6.67. The van der Waals surface area contributed by atoms with Crippen molar-refractivity contribution in [1.82, 2.24) is 5.32 Å². The molecule has 0 bridgehead atoms. The molecule has 4 N–H and O–H groups in total. The van der Waals surface area contributed by atoms with E-state index in [2.05, 4.69) is 5.32 Å². The van der Waals surface area contributed by atoms with Crippen molar-refractivity contribution in [3.05, 3.63) is 33.8 Å². The van der Waals surface area contributed by atoms with E-state index in [1.807, 2.05) is 6.07 Å². The molecule has 1 amide bonds. The van der Waals surface area contributed by atoms with Gasteiger partial charge in [0, 0.05) is 12.6 Å². The minimum Gasteiger partial charge on any atom is -0.465 e. The molecule has 1 atom stereocenters. The summed E-state index contributed by atoms with van der Waals surface area (Å²) in [5, 5.41) is 11.6. The van der Waals surface area contributed by atoms with E-state index in [9.17, 15) is 4.79 Å². The van der Waals surface area contributed by atoms with Crippen LogP contribution in [0.3, 0.4) is 0 Å². The molecule has 4 nitrogen and oxygen atoms in total. The minimum atomic E-state index is -1.08. The van der Waals surface area contributed by atoms with Crippen molar-refractivity contribution < 1.29 is 9.90 Å². The summed E-state index contributed by atoms with van der Waals surface area (Å²) in [6.45, 7) is 0.204. The van der Waals surface area contributed by atoms with Crippen molar-refractivity contribution in [2.24, 2.45) is 5.73 Å². The number of halogens is 2. The first-order valence-corrected chi connectivity index (χ1v) is 5.41. The Kier molecular flexibility index (Phi) is 4.86. The van der Waals surface area contributed by atoms with Crippen molar-refractivity contribution in [3.63, 3.8) is 0 Å². The van der Waals surface area contributed by atoms with Crippen molar-refractivity contribution >= 4 is 29.3 Å². The Labute approximate surface area is 103 Å². The molecular weight excluding hydrogens is 251 g/mol. The molecule has 0 spiro atoms. The molecule has 0 aliphatic heterocycles. The van der Waals surface area contributed by atoms with Gasteiger partial charge >= 0.3 is 6.09 Å². The normalized spacial score (nSPS) is 12.2. The fourth-order valence-corrected chi connectivity index (χ4v) is 1.58. The first kappa shape index (κ1) is 13.1. The maximum absolute atomic E-state index is 10.2. The molecule has 1 rings (SSSR count). The number of nitrogens with one attached hydrogen (secondary N) is 1. The molecule has 0 aliphatic carbocycles. The Morgan fingerprint density at radius 1 is 1.44 bits per heavy atom. The summed E-state index contributed by atoms with van der Waals surface area (Å²) in [5.74, 6) is 0. The lowest BCUT2D eigenvalue weighted by molar-refractivity contribution is 0.193. The summed E-state index contributed by atoms with van der Waals surface area (Å²) in [6, 6.07) is 4.95. The van der Waals surface area contributed by atoms with Gasteiger partial charge in [0.15, 0.2) is 0 Å². The average Bonchev–Trinajstić information content (AvgIpc) is 2.21. The van der Waals surface area contributed by atoms with Gasteiger partial charge in [0.2, 0.25) is 0 Å². The van der Waals surface area contributed by atoms with E-state index in [4.69, 9.17) is 34.0 Å². The second-order valence-electron chi connectivity index (χ2n) is 3.40. The van der Waals surface area contributed by atoms with Crippen molar-refractivity contribution in [1.29, 1.82) is 0 Å². The molecule has 0 fully saturated rings. The number of carbonyl (C=O) groups is 1. The Morgan fingerprint density at radius 3 is 2.69 bits per heavy atom. The van der Waals surface area contributed by atoms with Crippen LogP contribution in [-0.4, -0.2) is 23.8 Å². The van der Waals surface area contributed by atoms with Gasteiger partial charge in [0.25, 0.3) is 0 Å². The predicted octanol–water partition coefficient (Wildman–Crippen LogP) is 2.13. The Bertz CT molecular complexity index is 385. The molecule has 0 heterocycles. The smallest absolute Gasteiger partial charge is 0.404 e. The number of rotatable bonds is 4. The van der Waals surface area contributed by atoms with Gasteiger partial charge in [-0.3, -0.25) is 0 Å². The van der Waals surface area contributed by atoms with E-state index in [1.165, 1.54) is 0 Å². The highest BCUT2D eigenvalue weighted by Gasteiger charge is 2.07. The van der Waals surface area contributed by atoms with Crippen LogP contribution in [0.1, 0.15) is 5.56 Å². The van der Waals surface area contributed by atoms with Gasteiger partial charge in [-0.1, -0.05) is 29.3 Å². The molecule has 6 heteroatoms. The van der Waals surface area contributed by atoms with Crippen molar-refractivity contribution in [2.75, 3.05) is 6.54 Å². The highest BCUT2D eigenvalue weighted by molar-refractivity contribution is 6.42. The van der Waals surface area contributed by atoms with E-state index in [0.29, 0.717) is 16.5 Å². The number of benzene rings is 1. The predicted molar refractivity (Wildman–Crippen MR) is 64.2 cm³/mol. The zero-order valence-corrected chi connectivity index (χ0v) is 9.92. The Morgan fingerprint density at radius 2 is 2.12 bits per heavy atom. The molecule has 1 aromatic carbocycles. The molecule has 0 saturated carbocycles. The summed E-state index contributed by atoms with van der Waals surface area (Å²) in [7, 11) is 0. The van der Waals surface area contributed by atoms with E-state index in [0.717, 1.165) is 5.56 Å². The van der Waals surface area contributed by atoms with E-state index in [-0.39, 0.29) is 12.6 Å². The van der Waals surface area contributed by atoms with Crippen LogP contribution >= 0.6 is 23.2 Å². The molecule has 88 valence electrons. The number of hydrogen-bond donors (Lipinski definition) is 3. The van der Waals surface area contributed by atoms with Crippen LogP contribution in [0.2, 0.25) is 10.0 Å². The van der Waals surface area contributed by atoms with Gasteiger partial charge in [-0.2, -0.15) is 0 Å². The largest absolute Gasteiger partial charge is 0.465 e. The van der Waals surface area contributed by atoms with E-state index in [1.54, 1.807) is 12.1 Å². The summed E-state index contributed by atoms with van der Waals surface area (Å²) < 4.78 is 0. The van der Waals surface area contributed by atoms with Gasteiger partial charge in [0.1, 0.15) is 0 Å². The fraction of sp³-hybridized carbons (Fsp3) is 0.300. The first-order chi connectivity index (χ1) is 7.49. The lowest BCUT2D eigenvalue weighted by Gasteiger charge is -2.11. The van der Waals surface area contributed by atoms with Crippen LogP contribution in [0.4, 0.5) is 4.79 Å². The quantitative estimate of drug-likeness (QED) is 0.778. The lowest BCUT2D eigenvalue weighted by Crippen LogP contribution is -2.37. The van der Waals surface area contributed by atoms with Crippen LogP contribution in [-0.2, 0) is 6.42 Å². The Hall–Kier alpha value is -0.970. The van der Waals surface area contributed by atoms with E-state index >= 15 is 0 Å². The summed E-state index contributed by atoms with van der Waals surface area (Å²) >= 11 is 11.6. The number of nitrogens with two attached hydrogens (primary N) is 1. The number of hydrogen-bond acceptors (Lipinski definition) is 2. The third kappa shape index (κ3) is 4.26. The standard InChI is InChI=1S/C10H12Cl2N2O2/c11-8-2-1-6(4-9(8)12)3-7(13)5-14-10(15)16/h1-2,4,7,14H,3,5,13H2,(H,15,16). The van der Waals surface area contributed by atoms with Gasteiger partial charge in [-0.25, -0.2) is 4.79 Å². The minimum absolute atomic E-state index is 0.204. The molecule has 0 saturated heterocycles. The summed E-state index contributed by atoms with van der Waals surface area (Å²) in [4.78, 5) is 10.2. The molecular formula is C10H12Cl2N2O2. The van der Waals surface area contributed by atoms with Gasteiger partial charge in [-0.15, -0.1) is 0 Å². The highest BCUT2D eigenvalue weighted by Crippen LogP contribution is 2.22. The SMILES string of the molecule is NC(CNC(=O)O)Cc1ccc(Cl)c(Cl)c1. The van der Waals surface area contributed by atoms with Crippen molar-refractivity contribution in [3.8, 4) is 0 Å². The van der Waals surface area contributed by atoms with Gasteiger partial charge < -0.3 is 16.2 Å². The second kappa shape index (κ2) is 5.94. The number of amides is 1. The molecule has 0 aromatic heterocycles. The zero-order chi connectivity index (χ0) is 12.1. The average molecular weight is 263 g/mol. The topological polar surface area (TPSA) is 75.3 Å². The van der Waals surface area contributed by atoms with Crippen LogP contribution < -0.4 is 11.1 Å². The molecule has 16 heavy (non-hydrogen) atoms. The third-order valence-electron chi connectivity index (χ3n) is 2.00. The third-order valence-corrected chi connectivity index (χ3v) is 2.74. The molecule has 0 radical (unpaired) electrons. The first-order valence-electron chi connectivity index (χ1n) is 4.65. The summed E-state index contributed by atoms with van der Waals surface area (Å²) in [6.07, 6.45) is -0.540. The zero-order valence-electron chi connectivity index (χ0n) is 8.41. The van der Waals surface area contributed by atoms with Gasteiger partial charge in [-0.05, 0) is 24.1 Å². The van der Waals surface area contributed by atoms with Crippen LogP contribution in [0.5, 0.6) is 0 Å². The van der Waals surface area contributed by atoms with E-state index < -0.39 is 6.09 Å². The molecule has 0 aliphatic rings. The van der Waals surface area contributed by atoms with Crippen molar-refractivity contribution in [2.45, 2.75) is 12.5 Å². The fourth-order valence-electron chi connectivity index (χ4n) is 1.26. The maximum atomic E-state index is 10.2. The molecule has 1 unspecified atom stereocenters. The maximum Gasteiger partial charge on any atom is 0.404 e. The van der Waals surface area contributed by atoms with Crippen LogP contribution in [0.15, 0.2) is 18.2 Å². The lowest BCUT2D eigenvalue weighted by atomic mass is 10.1. The van der Waals surface area contributed by atoms with Crippen LogP contribution in [0, 0.1) is 0 Å². The number of carboxylic acid groups (broad SMARTS) is 1. The second-order valence-corrected chi connectivity index (χ2v) is 4.21. The van der Waals surface area contributed by atoms with Gasteiger partial charge in [0.05, 0.1) is 10.0 Å². The monoisotopic (exact) mass is 262 g/mol. The molecule has 1 aromatic rings. The van der Waals surface area contributed by atoms with Crippen LogP contribution in [0.25, 0.3) is 0 Å². The Balaban J connectivity index is 2.52. The highest BCUT2D eigenvalue weighted by atomic mass is 35.5.